The maximum Gasteiger partial charge on any atom is 0.145 e. The molecule has 0 amide bonds. The first kappa shape index (κ1) is 10.5. The summed E-state index contributed by atoms with van der Waals surface area (Å²) in [5, 5.41) is 19.5. The van der Waals surface area contributed by atoms with Crippen molar-refractivity contribution in [1.82, 2.24) is 0 Å². The van der Waals surface area contributed by atoms with E-state index in [9.17, 15) is 10.2 Å². The van der Waals surface area contributed by atoms with Crippen LogP contribution in [0.4, 0.5) is 0 Å². The Balaban J connectivity index is 2.54. The Bertz CT molecular complexity index is 395. The molecule has 1 aliphatic rings. The van der Waals surface area contributed by atoms with Crippen LogP contribution in [0.15, 0.2) is 6.07 Å². The molecule has 0 fully saturated rings. The normalized spacial score (nSPS) is 15.9. The highest BCUT2D eigenvalue weighted by atomic mass is 35.5. The second-order valence-corrected chi connectivity index (χ2v) is 3.84. The molecule has 82 valence electrons. The number of ether oxygens (including phenoxy) is 1. The van der Waals surface area contributed by atoms with Crippen LogP contribution < -0.4 is 10.5 Å². The van der Waals surface area contributed by atoms with Crippen LogP contribution in [0.2, 0.25) is 5.02 Å². The Morgan fingerprint density at radius 1 is 1.60 bits per heavy atom. The van der Waals surface area contributed by atoms with Crippen LogP contribution in [-0.4, -0.2) is 23.4 Å². The molecule has 4 nitrogen and oxygen atoms in total. The van der Waals surface area contributed by atoms with E-state index in [0.29, 0.717) is 17.9 Å². The minimum Gasteiger partial charge on any atom is -0.506 e. The number of nitrogens with two attached hydrogens (primary N) is 1. The zero-order chi connectivity index (χ0) is 11.0. The molecule has 0 spiro atoms. The fraction of sp³-hybridized carbons (Fsp3) is 0.400. The van der Waals surface area contributed by atoms with Gasteiger partial charge in [-0.05, 0) is 11.6 Å². The number of phenols is 1. The Morgan fingerprint density at radius 3 is 3.00 bits per heavy atom. The average molecular weight is 230 g/mol. The Kier molecular flexibility index (Phi) is 2.73. The molecule has 1 aromatic rings. The molecular formula is C10H12ClNO3. The zero-order valence-electron chi connectivity index (χ0n) is 8.03. The summed E-state index contributed by atoms with van der Waals surface area (Å²) >= 11 is 5.92. The SMILES string of the molecule is NCC(O)c1cc2c(c(Cl)c1O)OCC2. The smallest absolute Gasteiger partial charge is 0.145 e. The summed E-state index contributed by atoms with van der Waals surface area (Å²) < 4.78 is 5.27. The third-order valence-corrected chi connectivity index (χ3v) is 2.85. The fourth-order valence-electron chi connectivity index (χ4n) is 1.68. The van der Waals surface area contributed by atoms with Crippen LogP contribution in [-0.2, 0) is 6.42 Å². The molecule has 2 rings (SSSR count). The highest BCUT2D eigenvalue weighted by Gasteiger charge is 2.24. The summed E-state index contributed by atoms with van der Waals surface area (Å²) in [4.78, 5) is 0. The van der Waals surface area contributed by atoms with Crippen LogP contribution in [0.3, 0.4) is 0 Å². The van der Waals surface area contributed by atoms with E-state index in [4.69, 9.17) is 22.1 Å². The van der Waals surface area contributed by atoms with Crippen LogP contribution in [0.25, 0.3) is 0 Å². The monoisotopic (exact) mass is 229 g/mol. The maximum absolute atomic E-state index is 9.74. The number of hydrogen-bond acceptors (Lipinski definition) is 4. The Hall–Kier alpha value is -0.970. The Labute approximate surface area is 92.2 Å². The second-order valence-electron chi connectivity index (χ2n) is 3.47. The van der Waals surface area contributed by atoms with Gasteiger partial charge in [0, 0.05) is 18.5 Å². The van der Waals surface area contributed by atoms with E-state index in [1.54, 1.807) is 6.07 Å². The van der Waals surface area contributed by atoms with E-state index >= 15 is 0 Å². The van der Waals surface area contributed by atoms with E-state index in [-0.39, 0.29) is 17.3 Å². The van der Waals surface area contributed by atoms with Crippen molar-refractivity contribution in [1.29, 1.82) is 0 Å². The molecule has 1 atom stereocenters. The van der Waals surface area contributed by atoms with Gasteiger partial charge in [-0.25, -0.2) is 0 Å². The number of phenolic OH excluding ortho intramolecular Hbond substituents is 1. The van der Waals surface area contributed by atoms with Crippen molar-refractivity contribution >= 4 is 11.6 Å². The van der Waals surface area contributed by atoms with Crippen molar-refractivity contribution in [3.8, 4) is 11.5 Å². The van der Waals surface area contributed by atoms with E-state index in [2.05, 4.69) is 0 Å². The van der Waals surface area contributed by atoms with E-state index < -0.39 is 6.10 Å². The molecule has 1 unspecified atom stereocenters. The van der Waals surface area contributed by atoms with Crippen LogP contribution in [0, 0.1) is 0 Å². The number of halogens is 1. The van der Waals surface area contributed by atoms with Gasteiger partial charge in [0.15, 0.2) is 0 Å². The predicted molar refractivity (Wildman–Crippen MR) is 56.3 cm³/mol. The van der Waals surface area contributed by atoms with Gasteiger partial charge in [0.25, 0.3) is 0 Å². The molecule has 1 aromatic carbocycles. The van der Waals surface area contributed by atoms with Gasteiger partial charge in [-0.1, -0.05) is 11.6 Å². The number of aliphatic hydroxyl groups excluding tert-OH is 1. The average Bonchev–Trinajstić information content (AvgIpc) is 2.70. The molecule has 1 aliphatic heterocycles. The topological polar surface area (TPSA) is 75.7 Å². The predicted octanol–water partition coefficient (Wildman–Crippen LogP) is 0.973. The van der Waals surface area contributed by atoms with Gasteiger partial charge >= 0.3 is 0 Å². The third-order valence-electron chi connectivity index (χ3n) is 2.50. The number of fused-ring (bicyclic) bond motifs is 1. The highest BCUT2D eigenvalue weighted by Crippen LogP contribution is 2.43. The lowest BCUT2D eigenvalue weighted by Crippen LogP contribution is -2.12. The van der Waals surface area contributed by atoms with Gasteiger partial charge in [0.2, 0.25) is 0 Å². The molecule has 0 saturated heterocycles. The van der Waals surface area contributed by atoms with E-state index in [0.717, 1.165) is 12.0 Å². The van der Waals surface area contributed by atoms with Gasteiger partial charge < -0.3 is 20.7 Å². The lowest BCUT2D eigenvalue weighted by atomic mass is 10.0. The van der Waals surface area contributed by atoms with Crippen LogP contribution >= 0.6 is 11.6 Å². The summed E-state index contributed by atoms with van der Waals surface area (Å²) in [5.74, 6) is 0.373. The van der Waals surface area contributed by atoms with Crippen molar-refractivity contribution in [2.24, 2.45) is 5.73 Å². The van der Waals surface area contributed by atoms with Crippen molar-refractivity contribution in [2.45, 2.75) is 12.5 Å². The minimum absolute atomic E-state index is 0.0452. The summed E-state index contributed by atoms with van der Waals surface area (Å²) in [5.41, 5.74) is 6.60. The molecule has 1 heterocycles. The van der Waals surface area contributed by atoms with Crippen molar-refractivity contribution < 1.29 is 14.9 Å². The first-order chi connectivity index (χ1) is 7.15. The molecule has 4 N–H and O–H groups in total. The molecule has 0 aromatic heterocycles. The van der Waals surface area contributed by atoms with Crippen molar-refractivity contribution in [3.63, 3.8) is 0 Å². The molecule has 0 bridgehead atoms. The lowest BCUT2D eigenvalue weighted by molar-refractivity contribution is 0.182. The van der Waals surface area contributed by atoms with E-state index in [1.807, 2.05) is 0 Å². The maximum atomic E-state index is 9.74. The van der Waals surface area contributed by atoms with Gasteiger partial charge in [0.05, 0.1) is 12.7 Å². The summed E-state index contributed by atoms with van der Waals surface area (Å²) in [6, 6.07) is 1.70. The number of rotatable bonds is 2. The number of benzene rings is 1. The molecule has 15 heavy (non-hydrogen) atoms. The van der Waals surface area contributed by atoms with E-state index in [1.165, 1.54) is 0 Å². The molecule has 0 saturated carbocycles. The highest BCUT2D eigenvalue weighted by molar-refractivity contribution is 6.33. The fourth-order valence-corrected chi connectivity index (χ4v) is 1.97. The van der Waals surface area contributed by atoms with Gasteiger partial charge in [0.1, 0.15) is 16.5 Å². The van der Waals surface area contributed by atoms with Gasteiger partial charge in [-0.3, -0.25) is 0 Å². The minimum atomic E-state index is -0.895. The summed E-state index contributed by atoms with van der Waals surface area (Å²) in [6.45, 7) is 0.597. The first-order valence-corrected chi connectivity index (χ1v) is 5.08. The third kappa shape index (κ3) is 1.65. The zero-order valence-corrected chi connectivity index (χ0v) is 8.79. The van der Waals surface area contributed by atoms with Crippen molar-refractivity contribution in [2.75, 3.05) is 13.2 Å². The standard InChI is InChI=1S/C10H12ClNO3/c11-8-9(14)6(7(13)4-12)3-5-1-2-15-10(5)8/h3,7,13-14H,1-2,4,12H2. The number of aliphatic hydroxyl groups is 1. The second kappa shape index (κ2) is 3.89. The lowest BCUT2D eigenvalue weighted by Gasteiger charge is -2.13. The van der Waals surface area contributed by atoms with Gasteiger partial charge in [-0.2, -0.15) is 0 Å². The first-order valence-electron chi connectivity index (χ1n) is 4.70. The molecule has 0 aliphatic carbocycles. The quantitative estimate of drug-likeness (QED) is 0.707. The number of hydrogen-bond donors (Lipinski definition) is 3. The largest absolute Gasteiger partial charge is 0.506 e. The molecular weight excluding hydrogens is 218 g/mol. The summed E-state index contributed by atoms with van der Waals surface area (Å²) in [7, 11) is 0. The molecule has 5 heteroatoms. The van der Waals surface area contributed by atoms with Gasteiger partial charge in [-0.15, -0.1) is 0 Å². The van der Waals surface area contributed by atoms with Crippen molar-refractivity contribution in [3.05, 3.63) is 22.2 Å². The Morgan fingerprint density at radius 2 is 2.33 bits per heavy atom. The number of aromatic hydroxyl groups is 1. The summed E-state index contributed by atoms with van der Waals surface area (Å²) in [6.07, 6.45) is -0.159. The van der Waals surface area contributed by atoms with Crippen LogP contribution in [0.5, 0.6) is 11.5 Å². The van der Waals surface area contributed by atoms with Crippen LogP contribution in [0.1, 0.15) is 17.2 Å². The molecule has 0 radical (unpaired) electrons.